The van der Waals surface area contributed by atoms with Gasteiger partial charge in [-0.15, -0.1) is 0 Å². The van der Waals surface area contributed by atoms with Crippen molar-refractivity contribution in [2.24, 2.45) is 0 Å². The number of aryl methyl sites for hydroxylation is 1. The van der Waals surface area contributed by atoms with Crippen LogP contribution in [0.1, 0.15) is 26.3 Å². The third-order valence-electron chi connectivity index (χ3n) is 2.92. The Labute approximate surface area is 119 Å². The molecule has 1 amide bonds. The molecule has 2 aromatic carbocycles. The zero-order chi connectivity index (χ0) is 15.6. The van der Waals surface area contributed by atoms with Crippen molar-refractivity contribution >= 4 is 17.6 Å². The third-order valence-corrected chi connectivity index (χ3v) is 2.92. The van der Waals surface area contributed by atoms with Gasteiger partial charge in [0, 0.05) is 11.8 Å². The van der Waals surface area contributed by atoms with Crippen LogP contribution in [0.2, 0.25) is 0 Å². The molecule has 0 aliphatic heterocycles. The highest BCUT2D eigenvalue weighted by Gasteiger charge is 2.14. The number of halogens is 1. The van der Waals surface area contributed by atoms with Gasteiger partial charge >= 0.3 is 5.97 Å². The van der Waals surface area contributed by atoms with Gasteiger partial charge in [-0.05, 0) is 36.8 Å². The highest BCUT2D eigenvalue weighted by molar-refractivity contribution is 6.05. The number of hydrogen-bond donors (Lipinski definition) is 3. The molecular weight excluding hydrogens is 277 g/mol. The number of rotatable bonds is 3. The molecule has 0 aromatic heterocycles. The number of aromatic hydroxyl groups is 1. The molecule has 108 valence electrons. The molecule has 0 unspecified atom stereocenters. The van der Waals surface area contributed by atoms with E-state index in [-0.39, 0.29) is 22.6 Å². The largest absolute Gasteiger partial charge is 0.508 e. The molecular formula is C15H12FNO4. The van der Waals surface area contributed by atoms with Crippen LogP contribution in [0.5, 0.6) is 5.75 Å². The topological polar surface area (TPSA) is 86.6 Å². The van der Waals surface area contributed by atoms with Crippen LogP contribution < -0.4 is 5.32 Å². The summed E-state index contributed by atoms with van der Waals surface area (Å²) in [5.74, 6) is -2.99. The van der Waals surface area contributed by atoms with Crippen LogP contribution in [-0.2, 0) is 0 Å². The van der Waals surface area contributed by atoms with Crippen molar-refractivity contribution in [1.82, 2.24) is 0 Å². The van der Waals surface area contributed by atoms with Gasteiger partial charge in [-0.25, -0.2) is 9.18 Å². The van der Waals surface area contributed by atoms with Crippen LogP contribution >= 0.6 is 0 Å². The zero-order valence-electron chi connectivity index (χ0n) is 11.1. The Hall–Kier alpha value is -2.89. The number of aromatic carboxylic acids is 1. The summed E-state index contributed by atoms with van der Waals surface area (Å²) in [6, 6.07) is 7.53. The van der Waals surface area contributed by atoms with Gasteiger partial charge in [0.25, 0.3) is 5.91 Å². The highest BCUT2D eigenvalue weighted by atomic mass is 19.1. The standard InChI is InChI=1S/C15H12FNO4/c1-8-2-3-9(6-12(8)15(20)21)17-14(19)11-5-4-10(18)7-13(11)16/h2-7,18H,1H3,(H,17,19)(H,20,21). The summed E-state index contributed by atoms with van der Waals surface area (Å²) in [6.45, 7) is 1.63. The fraction of sp³-hybridized carbons (Fsp3) is 0.0667. The zero-order valence-corrected chi connectivity index (χ0v) is 11.1. The smallest absolute Gasteiger partial charge is 0.336 e. The molecule has 0 spiro atoms. The number of carbonyl (C=O) groups is 2. The van der Waals surface area contributed by atoms with Crippen molar-refractivity contribution in [3.8, 4) is 5.75 Å². The summed E-state index contributed by atoms with van der Waals surface area (Å²) in [6.07, 6.45) is 0. The lowest BCUT2D eigenvalue weighted by molar-refractivity contribution is 0.0695. The number of phenols is 1. The quantitative estimate of drug-likeness (QED) is 0.811. The molecule has 0 radical (unpaired) electrons. The van der Waals surface area contributed by atoms with E-state index in [9.17, 15) is 14.0 Å². The number of phenolic OH excluding ortho intramolecular Hbond substituents is 1. The van der Waals surface area contributed by atoms with E-state index >= 15 is 0 Å². The van der Waals surface area contributed by atoms with E-state index in [0.29, 0.717) is 5.56 Å². The maximum Gasteiger partial charge on any atom is 0.336 e. The third kappa shape index (κ3) is 3.17. The van der Waals surface area contributed by atoms with Crippen LogP contribution in [0.25, 0.3) is 0 Å². The van der Waals surface area contributed by atoms with E-state index in [0.717, 1.165) is 12.1 Å². The Bertz CT molecular complexity index is 728. The molecule has 0 saturated heterocycles. The Morgan fingerprint density at radius 1 is 1.10 bits per heavy atom. The number of amides is 1. The van der Waals surface area contributed by atoms with E-state index in [1.165, 1.54) is 18.2 Å². The normalized spacial score (nSPS) is 10.2. The molecule has 0 aliphatic carbocycles. The molecule has 0 fully saturated rings. The number of carbonyl (C=O) groups excluding carboxylic acids is 1. The number of carboxylic acids is 1. The Morgan fingerprint density at radius 3 is 2.43 bits per heavy atom. The van der Waals surface area contributed by atoms with Gasteiger partial charge in [-0.3, -0.25) is 4.79 Å². The summed E-state index contributed by atoms with van der Waals surface area (Å²) in [4.78, 5) is 23.0. The van der Waals surface area contributed by atoms with Gasteiger partial charge in [0.05, 0.1) is 11.1 Å². The summed E-state index contributed by atoms with van der Waals surface area (Å²) in [7, 11) is 0. The molecule has 0 heterocycles. The Balaban J connectivity index is 2.27. The first kappa shape index (κ1) is 14.5. The second kappa shape index (κ2) is 5.62. The lowest BCUT2D eigenvalue weighted by Crippen LogP contribution is -2.14. The predicted octanol–water partition coefficient (Wildman–Crippen LogP) is 2.79. The number of hydrogen-bond acceptors (Lipinski definition) is 3. The van der Waals surface area contributed by atoms with Crippen LogP contribution in [-0.4, -0.2) is 22.1 Å². The van der Waals surface area contributed by atoms with Gasteiger partial charge in [0.15, 0.2) is 0 Å². The number of benzene rings is 2. The minimum Gasteiger partial charge on any atom is -0.508 e. The Kier molecular flexibility index (Phi) is 3.89. The van der Waals surface area contributed by atoms with Crippen molar-refractivity contribution in [2.45, 2.75) is 6.92 Å². The minimum atomic E-state index is -1.11. The molecule has 0 saturated carbocycles. The lowest BCUT2D eigenvalue weighted by atomic mass is 10.1. The van der Waals surface area contributed by atoms with Gasteiger partial charge in [0.1, 0.15) is 11.6 Å². The molecule has 0 bridgehead atoms. The highest BCUT2D eigenvalue weighted by Crippen LogP contribution is 2.19. The first-order valence-electron chi connectivity index (χ1n) is 6.02. The van der Waals surface area contributed by atoms with E-state index in [1.807, 2.05) is 0 Å². The Morgan fingerprint density at radius 2 is 1.81 bits per heavy atom. The molecule has 2 rings (SSSR count). The fourth-order valence-corrected chi connectivity index (χ4v) is 1.82. The van der Waals surface area contributed by atoms with Crippen molar-refractivity contribution < 1.29 is 24.2 Å². The van der Waals surface area contributed by atoms with Crippen LogP contribution in [0.3, 0.4) is 0 Å². The van der Waals surface area contributed by atoms with Crippen molar-refractivity contribution in [3.05, 3.63) is 58.9 Å². The average molecular weight is 289 g/mol. The van der Waals surface area contributed by atoms with Crippen molar-refractivity contribution in [2.75, 3.05) is 5.32 Å². The maximum absolute atomic E-state index is 13.6. The summed E-state index contributed by atoms with van der Waals surface area (Å²) >= 11 is 0. The van der Waals surface area contributed by atoms with Crippen LogP contribution in [0.15, 0.2) is 36.4 Å². The van der Waals surface area contributed by atoms with Crippen LogP contribution in [0.4, 0.5) is 10.1 Å². The molecule has 0 aliphatic rings. The number of carboxylic acid groups (broad SMARTS) is 1. The predicted molar refractivity (Wildman–Crippen MR) is 74.2 cm³/mol. The SMILES string of the molecule is Cc1ccc(NC(=O)c2ccc(O)cc2F)cc1C(=O)O. The molecule has 5 nitrogen and oxygen atoms in total. The fourth-order valence-electron chi connectivity index (χ4n) is 1.82. The first-order valence-corrected chi connectivity index (χ1v) is 6.02. The first-order chi connectivity index (χ1) is 9.88. The number of nitrogens with one attached hydrogen (secondary N) is 1. The van der Waals surface area contributed by atoms with Crippen molar-refractivity contribution in [3.63, 3.8) is 0 Å². The van der Waals surface area contributed by atoms with E-state index < -0.39 is 17.7 Å². The second-order valence-electron chi connectivity index (χ2n) is 4.45. The average Bonchev–Trinajstić information content (AvgIpc) is 2.40. The monoisotopic (exact) mass is 289 g/mol. The van der Waals surface area contributed by atoms with Gasteiger partial charge < -0.3 is 15.5 Å². The summed E-state index contributed by atoms with van der Waals surface area (Å²) in [5.41, 5.74) is 0.607. The van der Waals surface area contributed by atoms with E-state index in [1.54, 1.807) is 13.0 Å². The summed E-state index contributed by atoms with van der Waals surface area (Å²) in [5, 5.41) is 20.5. The van der Waals surface area contributed by atoms with Crippen molar-refractivity contribution in [1.29, 1.82) is 0 Å². The molecule has 6 heteroatoms. The van der Waals surface area contributed by atoms with E-state index in [2.05, 4.69) is 5.32 Å². The molecule has 3 N–H and O–H groups in total. The maximum atomic E-state index is 13.6. The van der Waals surface area contributed by atoms with E-state index in [4.69, 9.17) is 10.2 Å². The van der Waals surface area contributed by atoms with Crippen LogP contribution in [0, 0.1) is 12.7 Å². The second-order valence-corrected chi connectivity index (χ2v) is 4.45. The minimum absolute atomic E-state index is 0.0546. The van der Waals surface area contributed by atoms with Gasteiger partial charge in [0.2, 0.25) is 0 Å². The van der Waals surface area contributed by atoms with Gasteiger partial charge in [-0.1, -0.05) is 6.07 Å². The lowest BCUT2D eigenvalue weighted by Gasteiger charge is -2.08. The molecule has 21 heavy (non-hydrogen) atoms. The molecule has 0 atom stereocenters. The van der Waals surface area contributed by atoms with Gasteiger partial charge in [-0.2, -0.15) is 0 Å². The molecule has 2 aromatic rings. The summed E-state index contributed by atoms with van der Waals surface area (Å²) < 4.78 is 13.6. The number of anilines is 1.